The maximum atomic E-state index is 6.73. The molecule has 152 valence electrons. The molecule has 0 amide bonds. The molecule has 0 bridgehead atoms. The van der Waals surface area contributed by atoms with E-state index in [9.17, 15) is 0 Å². The number of halogens is 1. The summed E-state index contributed by atoms with van der Waals surface area (Å²) in [5, 5.41) is 8.18. The molecule has 0 saturated carbocycles. The lowest BCUT2D eigenvalue weighted by atomic mass is 9.90. The van der Waals surface area contributed by atoms with Crippen molar-refractivity contribution >= 4 is 17.3 Å². The second-order valence-corrected chi connectivity index (χ2v) is 8.93. The minimum atomic E-state index is -0.361. The lowest BCUT2D eigenvalue weighted by Gasteiger charge is -2.51. The zero-order chi connectivity index (χ0) is 20.0. The van der Waals surface area contributed by atoms with Gasteiger partial charge in [0.1, 0.15) is 5.75 Å². The van der Waals surface area contributed by atoms with E-state index in [1.54, 1.807) is 0 Å². The van der Waals surface area contributed by atoms with E-state index in [2.05, 4.69) is 48.0 Å². The van der Waals surface area contributed by atoms with E-state index in [4.69, 9.17) is 21.4 Å². The van der Waals surface area contributed by atoms with Crippen LogP contribution in [0.2, 0.25) is 5.02 Å². The molecule has 5 rings (SSSR count). The van der Waals surface area contributed by atoms with Crippen molar-refractivity contribution in [3.63, 3.8) is 0 Å². The minimum Gasteiger partial charge on any atom is -0.466 e. The first-order valence-electron chi connectivity index (χ1n) is 10.7. The van der Waals surface area contributed by atoms with Crippen LogP contribution in [0.1, 0.15) is 55.3 Å². The van der Waals surface area contributed by atoms with Crippen molar-refractivity contribution < 1.29 is 4.74 Å². The van der Waals surface area contributed by atoms with Gasteiger partial charge in [-0.25, -0.2) is 5.01 Å². The number of hydrogen-bond donors (Lipinski definition) is 0. The maximum absolute atomic E-state index is 6.73. The number of nitrogens with zero attached hydrogens (tertiary/aromatic N) is 3. The summed E-state index contributed by atoms with van der Waals surface area (Å²) in [5.41, 5.74) is 4.25. The Morgan fingerprint density at radius 2 is 1.97 bits per heavy atom. The van der Waals surface area contributed by atoms with Crippen LogP contribution in [-0.4, -0.2) is 41.0 Å². The van der Waals surface area contributed by atoms with Gasteiger partial charge in [0.05, 0.1) is 11.8 Å². The van der Waals surface area contributed by atoms with Gasteiger partial charge in [-0.2, -0.15) is 5.10 Å². The third kappa shape index (κ3) is 3.23. The Balaban J connectivity index is 1.55. The first kappa shape index (κ1) is 19.0. The number of ether oxygens (including phenoxy) is 1. The van der Waals surface area contributed by atoms with Crippen molar-refractivity contribution in [1.29, 1.82) is 0 Å². The summed E-state index contributed by atoms with van der Waals surface area (Å²) >= 11 is 6.52. The molecule has 0 radical (unpaired) electrons. The molecule has 2 aromatic rings. The highest BCUT2D eigenvalue weighted by molar-refractivity contribution is 6.34. The third-order valence-electron chi connectivity index (χ3n) is 6.51. The van der Waals surface area contributed by atoms with E-state index < -0.39 is 0 Å². The van der Waals surface area contributed by atoms with Crippen molar-refractivity contribution in [2.75, 3.05) is 19.6 Å². The molecule has 0 aromatic heterocycles. The van der Waals surface area contributed by atoms with Gasteiger partial charge >= 0.3 is 0 Å². The van der Waals surface area contributed by atoms with Crippen LogP contribution in [0.4, 0.5) is 0 Å². The van der Waals surface area contributed by atoms with Gasteiger partial charge in [0.25, 0.3) is 0 Å². The minimum absolute atomic E-state index is 0.211. The Kier molecular flexibility index (Phi) is 4.79. The van der Waals surface area contributed by atoms with Gasteiger partial charge < -0.3 is 9.64 Å². The lowest BCUT2D eigenvalue weighted by molar-refractivity contribution is -0.149. The number of fused-ring (bicyclic) bond motifs is 4. The van der Waals surface area contributed by atoms with Crippen LogP contribution in [0.15, 0.2) is 47.6 Å². The topological polar surface area (TPSA) is 28.1 Å². The van der Waals surface area contributed by atoms with E-state index in [1.165, 1.54) is 17.5 Å². The molecular formula is C24H28ClN3O. The van der Waals surface area contributed by atoms with Crippen LogP contribution in [0.3, 0.4) is 0 Å². The van der Waals surface area contributed by atoms with Crippen LogP contribution in [-0.2, 0) is 0 Å². The van der Waals surface area contributed by atoms with Crippen molar-refractivity contribution in [3.8, 4) is 5.75 Å². The summed E-state index contributed by atoms with van der Waals surface area (Å²) in [6.45, 7) is 7.65. The molecule has 0 unspecified atom stereocenters. The molecule has 4 nitrogen and oxygen atoms in total. The first-order valence-corrected chi connectivity index (χ1v) is 11.1. The van der Waals surface area contributed by atoms with Crippen molar-refractivity contribution in [2.45, 2.75) is 51.3 Å². The SMILES string of the molecule is CCCN1CCC2(CC1)Oc1ccc(C)cc1[C@@H]1CC(c3ccccc3Cl)=NN12. The second-order valence-electron chi connectivity index (χ2n) is 8.52. The number of rotatable bonds is 3. The quantitative estimate of drug-likeness (QED) is 0.679. The summed E-state index contributed by atoms with van der Waals surface area (Å²) in [5.74, 6) is 1.02. The zero-order valence-electron chi connectivity index (χ0n) is 17.2. The molecule has 5 heteroatoms. The smallest absolute Gasteiger partial charge is 0.200 e. The maximum Gasteiger partial charge on any atom is 0.200 e. The standard InChI is InChI=1S/C24H28ClN3O/c1-3-12-27-13-10-24(11-14-27)28-22(19-15-17(2)8-9-23(19)29-24)16-21(26-28)18-6-4-5-7-20(18)25/h4-9,15,22H,3,10-14,16H2,1-2H3/t22-/m0/s1. The Bertz CT molecular complexity index is 949. The fourth-order valence-corrected chi connectivity index (χ4v) is 5.28. The van der Waals surface area contributed by atoms with E-state index in [-0.39, 0.29) is 11.8 Å². The van der Waals surface area contributed by atoms with Crippen molar-refractivity contribution in [2.24, 2.45) is 5.10 Å². The van der Waals surface area contributed by atoms with Crippen LogP contribution in [0.25, 0.3) is 0 Å². The molecule has 1 fully saturated rings. The van der Waals surface area contributed by atoms with Gasteiger partial charge in [-0.15, -0.1) is 0 Å². The molecule has 29 heavy (non-hydrogen) atoms. The predicted molar refractivity (Wildman–Crippen MR) is 118 cm³/mol. The number of hydrazone groups is 1. The predicted octanol–water partition coefficient (Wildman–Crippen LogP) is 5.39. The second kappa shape index (κ2) is 7.33. The van der Waals surface area contributed by atoms with E-state index in [1.807, 2.05) is 18.2 Å². The molecule has 1 atom stereocenters. The molecule has 2 aromatic carbocycles. The fourth-order valence-electron chi connectivity index (χ4n) is 5.03. The molecule has 0 N–H and O–H groups in total. The van der Waals surface area contributed by atoms with Gasteiger partial charge in [-0.1, -0.05) is 54.4 Å². The van der Waals surface area contributed by atoms with Crippen LogP contribution in [0, 0.1) is 6.92 Å². The third-order valence-corrected chi connectivity index (χ3v) is 6.84. The highest BCUT2D eigenvalue weighted by Crippen LogP contribution is 2.50. The highest BCUT2D eigenvalue weighted by atomic mass is 35.5. The summed E-state index contributed by atoms with van der Waals surface area (Å²) in [7, 11) is 0. The van der Waals surface area contributed by atoms with Gasteiger partial charge in [0.2, 0.25) is 5.72 Å². The molecule has 1 spiro atoms. The number of benzene rings is 2. The lowest BCUT2D eigenvalue weighted by Crippen LogP contribution is -2.59. The summed E-state index contributed by atoms with van der Waals surface area (Å²) in [6, 6.07) is 14.8. The number of likely N-dealkylation sites (tertiary alicyclic amines) is 1. The number of aryl methyl sites for hydroxylation is 1. The summed E-state index contributed by atoms with van der Waals surface area (Å²) in [6.07, 6.45) is 3.99. The average Bonchev–Trinajstić information content (AvgIpc) is 3.18. The monoisotopic (exact) mass is 409 g/mol. The van der Waals surface area contributed by atoms with Gasteiger partial charge in [-0.3, -0.25) is 0 Å². The number of hydrogen-bond acceptors (Lipinski definition) is 4. The van der Waals surface area contributed by atoms with Crippen molar-refractivity contribution in [1.82, 2.24) is 9.91 Å². The molecule has 0 aliphatic carbocycles. The van der Waals surface area contributed by atoms with Gasteiger partial charge in [-0.05, 0) is 32.0 Å². The van der Waals surface area contributed by atoms with Crippen LogP contribution < -0.4 is 4.74 Å². The van der Waals surface area contributed by atoms with E-state index >= 15 is 0 Å². The largest absolute Gasteiger partial charge is 0.466 e. The summed E-state index contributed by atoms with van der Waals surface area (Å²) < 4.78 is 6.73. The van der Waals surface area contributed by atoms with E-state index in [0.717, 1.165) is 60.9 Å². The van der Waals surface area contributed by atoms with Gasteiger partial charge in [0, 0.05) is 48.5 Å². The first-order chi connectivity index (χ1) is 14.1. The average molecular weight is 410 g/mol. The Morgan fingerprint density at radius 3 is 2.72 bits per heavy atom. The molecular weight excluding hydrogens is 382 g/mol. The van der Waals surface area contributed by atoms with Gasteiger partial charge in [0.15, 0.2) is 0 Å². The normalized spacial score (nSPS) is 22.8. The fraction of sp³-hybridized carbons (Fsp3) is 0.458. The summed E-state index contributed by atoms with van der Waals surface area (Å²) in [4.78, 5) is 2.54. The number of piperidine rings is 1. The Morgan fingerprint density at radius 1 is 1.17 bits per heavy atom. The van der Waals surface area contributed by atoms with Crippen LogP contribution >= 0.6 is 11.6 Å². The molecule has 3 heterocycles. The Hall–Kier alpha value is -2.04. The molecule has 3 aliphatic heterocycles. The van der Waals surface area contributed by atoms with E-state index in [0.29, 0.717) is 0 Å². The molecule has 1 saturated heterocycles. The zero-order valence-corrected chi connectivity index (χ0v) is 18.0. The molecule has 3 aliphatic rings. The van der Waals surface area contributed by atoms with Crippen molar-refractivity contribution in [3.05, 3.63) is 64.2 Å². The Labute approximate surface area is 178 Å². The van der Waals surface area contributed by atoms with Crippen LogP contribution in [0.5, 0.6) is 5.75 Å². The highest BCUT2D eigenvalue weighted by Gasteiger charge is 2.51.